The highest BCUT2D eigenvalue weighted by Crippen LogP contribution is 2.34. The molecule has 4 rings (SSSR count). The van der Waals surface area contributed by atoms with Gasteiger partial charge in [0.2, 0.25) is 12.7 Å². The van der Waals surface area contributed by atoms with Crippen molar-refractivity contribution < 1.29 is 19.1 Å². The van der Waals surface area contributed by atoms with E-state index in [0.717, 1.165) is 11.1 Å². The van der Waals surface area contributed by atoms with Crippen LogP contribution in [0.4, 0.5) is 5.69 Å². The molecule has 0 saturated heterocycles. The molecule has 0 fully saturated rings. The number of amidine groups is 1. The summed E-state index contributed by atoms with van der Waals surface area (Å²) in [5, 5.41) is 3.37. The molecule has 0 radical (unpaired) electrons. The van der Waals surface area contributed by atoms with Crippen LogP contribution in [0.1, 0.15) is 25.0 Å². The number of hydrogen-bond acceptors (Lipinski definition) is 6. The van der Waals surface area contributed by atoms with Gasteiger partial charge in [0, 0.05) is 6.54 Å². The van der Waals surface area contributed by atoms with Gasteiger partial charge in [-0.2, -0.15) is 0 Å². The van der Waals surface area contributed by atoms with Crippen molar-refractivity contribution >= 4 is 40.5 Å². The summed E-state index contributed by atoms with van der Waals surface area (Å²) in [6.45, 7) is 6.87. The summed E-state index contributed by atoms with van der Waals surface area (Å²) < 4.78 is 10.8. The third-order valence-electron chi connectivity index (χ3n) is 4.86. The summed E-state index contributed by atoms with van der Waals surface area (Å²) in [7, 11) is 0. The quantitative estimate of drug-likeness (QED) is 0.672. The zero-order valence-corrected chi connectivity index (χ0v) is 19.1. The number of aliphatic imine (C=N–C) groups is 1. The van der Waals surface area contributed by atoms with Crippen molar-refractivity contribution in [2.75, 3.05) is 24.0 Å². The van der Waals surface area contributed by atoms with Crippen molar-refractivity contribution in [1.29, 1.82) is 0 Å². The Bertz CT molecular complexity index is 1090. The van der Waals surface area contributed by atoms with Crippen LogP contribution in [-0.2, 0) is 9.59 Å². The van der Waals surface area contributed by atoms with Crippen LogP contribution < -0.4 is 19.7 Å². The van der Waals surface area contributed by atoms with E-state index in [1.807, 2.05) is 63.2 Å². The normalized spacial score (nSPS) is 16.1. The fraction of sp³-hybridized carbons (Fsp3) is 0.292. The van der Waals surface area contributed by atoms with E-state index in [1.165, 1.54) is 11.8 Å². The first kappa shape index (κ1) is 22.0. The van der Waals surface area contributed by atoms with Crippen LogP contribution >= 0.6 is 11.8 Å². The molecule has 0 atom stereocenters. The van der Waals surface area contributed by atoms with E-state index in [-0.39, 0.29) is 24.4 Å². The molecule has 2 amide bonds. The molecule has 2 aromatic rings. The van der Waals surface area contributed by atoms with Gasteiger partial charge in [0.15, 0.2) is 16.7 Å². The monoisotopic (exact) mass is 451 g/mol. The third kappa shape index (κ3) is 4.96. The van der Waals surface area contributed by atoms with Gasteiger partial charge in [-0.3, -0.25) is 14.5 Å². The highest BCUT2D eigenvalue weighted by atomic mass is 32.2. The molecule has 8 heteroatoms. The number of nitrogens with one attached hydrogen (secondary N) is 1. The van der Waals surface area contributed by atoms with Crippen molar-refractivity contribution in [2.24, 2.45) is 10.9 Å². The minimum atomic E-state index is -0.239. The maximum Gasteiger partial charge on any atom is 0.283 e. The van der Waals surface area contributed by atoms with Gasteiger partial charge in [0.05, 0.1) is 11.4 Å². The molecule has 0 unspecified atom stereocenters. The van der Waals surface area contributed by atoms with Crippen LogP contribution in [-0.4, -0.2) is 36.1 Å². The summed E-state index contributed by atoms with van der Waals surface area (Å²) in [6, 6.07) is 13.1. The van der Waals surface area contributed by atoms with E-state index >= 15 is 0 Å². The Kier molecular flexibility index (Phi) is 6.50. The van der Waals surface area contributed by atoms with E-state index < -0.39 is 0 Å². The Balaban J connectivity index is 1.59. The topological polar surface area (TPSA) is 80.2 Å². The Hall–Kier alpha value is -3.26. The number of carbonyl (C=O) groups is 2. The van der Waals surface area contributed by atoms with Crippen molar-refractivity contribution in [3.63, 3.8) is 0 Å². The number of amides is 2. The van der Waals surface area contributed by atoms with Crippen LogP contribution in [0.15, 0.2) is 53.2 Å². The molecule has 1 N–H and O–H groups in total. The number of thioether (sulfide) groups is 1. The number of fused-ring (bicyclic) bond motifs is 1. The van der Waals surface area contributed by atoms with Gasteiger partial charge >= 0.3 is 0 Å². The molecule has 32 heavy (non-hydrogen) atoms. The molecule has 7 nitrogen and oxygen atoms in total. The molecule has 0 aliphatic carbocycles. The minimum absolute atomic E-state index is 0.0871. The second kappa shape index (κ2) is 9.48. The van der Waals surface area contributed by atoms with E-state index in [1.54, 1.807) is 11.0 Å². The molecular weight excluding hydrogens is 426 g/mol. The number of carbonyl (C=O) groups excluding carboxylic acids is 2. The van der Waals surface area contributed by atoms with Gasteiger partial charge in [-0.05, 0) is 48.7 Å². The average molecular weight is 452 g/mol. The van der Waals surface area contributed by atoms with E-state index in [2.05, 4.69) is 10.3 Å². The predicted octanol–water partition coefficient (Wildman–Crippen LogP) is 3.97. The number of ether oxygens (including phenoxy) is 2. The Morgan fingerprint density at radius 3 is 2.69 bits per heavy atom. The summed E-state index contributed by atoms with van der Waals surface area (Å²) in [5.74, 6) is 1.54. The number of rotatable bonds is 6. The zero-order valence-electron chi connectivity index (χ0n) is 18.3. The van der Waals surface area contributed by atoms with Crippen LogP contribution in [0, 0.1) is 12.8 Å². The van der Waals surface area contributed by atoms with Gasteiger partial charge in [0.1, 0.15) is 5.70 Å². The molecule has 2 aromatic carbocycles. The van der Waals surface area contributed by atoms with Crippen LogP contribution in [0.3, 0.4) is 0 Å². The molecule has 166 valence electrons. The summed E-state index contributed by atoms with van der Waals surface area (Å²) in [4.78, 5) is 31.6. The van der Waals surface area contributed by atoms with Gasteiger partial charge in [-0.1, -0.05) is 49.4 Å². The lowest BCUT2D eigenvalue weighted by Crippen LogP contribution is -2.33. The molecular formula is C24H25N3O4S. The lowest BCUT2D eigenvalue weighted by atomic mass is 10.1. The molecule has 2 aliphatic rings. The maximum absolute atomic E-state index is 13.3. The molecule has 0 aromatic heterocycles. The van der Waals surface area contributed by atoms with Crippen LogP contribution in [0.5, 0.6) is 11.5 Å². The van der Waals surface area contributed by atoms with Gasteiger partial charge < -0.3 is 14.8 Å². The van der Waals surface area contributed by atoms with E-state index in [0.29, 0.717) is 40.5 Å². The standard InChI is InChI=1S/C24H25N3O4S/c1-15(2)12-25-22(28)13-32-24-26-19(10-17-6-9-20-21(11-17)31-14-30-20)23(29)27(24)18-7-4-16(3)5-8-18/h4-11,15H,12-14H2,1-3H3,(H,25,28)/b19-10-. The second-order valence-corrected chi connectivity index (χ2v) is 8.94. The molecule has 2 heterocycles. The van der Waals surface area contributed by atoms with Crippen LogP contribution in [0.25, 0.3) is 6.08 Å². The first-order chi connectivity index (χ1) is 15.4. The van der Waals surface area contributed by atoms with Gasteiger partial charge in [0.25, 0.3) is 5.91 Å². The van der Waals surface area contributed by atoms with Gasteiger partial charge in [-0.25, -0.2) is 4.99 Å². The number of nitrogens with zero attached hydrogens (tertiary/aromatic N) is 2. The average Bonchev–Trinajstić information content (AvgIpc) is 3.35. The van der Waals surface area contributed by atoms with Crippen molar-refractivity contribution in [3.8, 4) is 11.5 Å². The Morgan fingerprint density at radius 1 is 1.19 bits per heavy atom. The number of hydrogen-bond donors (Lipinski definition) is 1. The predicted molar refractivity (Wildman–Crippen MR) is 127 cm³/mol. The lowest BCUT2D eigenvalue weighted by Gasteiger charge is -2.18. The Labute approximate surface area is 191 Å². The molecule has 0 spiro atoms. The minimum Gasteiger partial charge on any atom is -0.454 e. The number of benzene rings is 2. The van der Waals surface area contributed by atoms with Crippen LogP contribution in [0.2, 0.25) is 0 Å². The first-order valence-electron chi connectivity index (χ1n) is 10.4. The fourth-order valence-electron chi connectivity index (χ4n) is 3.17. The summed E-state index contributed by atoms with van der Waals surface area (Å²) in [5.41, 5.74) is 2.89. The van der Waals surface area contributed by atoms with E-state index in [9.17, 15) is 9.59 Å². The smallest absolute Gasteiger partial charge is 0.283 e. The largest absolute Gasteiger partial charge is 0.454 e. The number of aryl methyl sites for hydroxylation is 1. The Morgan fingerprint density at radius 2 is 1.94 bits per heavy atom. The fourth-order valence-corrected chi connectivity index (χ4v) is 4.02. The SMILES string of the molecule is Cc1ccc(N2C(=O)/C(=C/c3ccc4c(c3)OCO4)N=C2SCC(=O)NCC(C)C)cc1. The molecule has 2 aliphatic heterocycles. The molecule has 0 bridgehead atoms. The third-order valence-corrected chi connectivity index (χ3v) is 5.80. The maximum atomic E-state index is 13.3. The van der Waals surface area contributed by atoms with Crippen molar-refractivity contribution in [1.82, 2.24) is 5.32 Å². The zero-order chi connectivity index (χ0) is 22.7. The second-order valence-electron chi connectivity index (χ2n) is 8.00. The number of anilines is 1. The summed E-state index contributed by atoms with van der Waals surface area (Å²) in [6.07, 6.45) is 1.72. The first-order valence-corrected chi connectivity index (χ1v) is 11.4. The van der Waals surface area contributed by atoms with E-state index in [4.69, 9.17) is 9.47 Å². The van der Waals surface area contributed by atoms with Gasteiger partial charge in [-0.15, -0.1) is 0 Å². The summed E-state index contributed by atoms with van der Waals surface area (Å²) >= 11 is 1.25. The lowest BCUT2D eigenvalue weighted by molar-refractivity contribution is -0.118. The highest BCUT2D eigenvalue weighted by molar-refractivity contribution is 8.14. The van der Waals surface area contributed by atoms with Crippen molar-refractivity contribution in [2.45, 2.75) is 20.8 Å². The highest BCUT2D eigenvalue weighted by Gasteiger charge is 2.32. The molecule has 0 saturated carbocycles. The van der Waals surface area contributed by atoms with Crippen molar-refractivity contribution in [3.05, 3.63) is 59.3 Å².